The van der Waals surface area contributed by atoms with Crippen molar-refractivity contribution in [3.8, 4) is 11.5 Å². The molecule has 0 unspecified atom stereocenters. The van der Waals surface area contributed by atoms with Crippen LogP contribution >= 0.6 is 11.6 Å². The number of hydrazone groups is 1. The van der Waals surface area contributed by atoms with Crippen LogP contribution in [0.2, 0.25) is 5.02 Å². The van der Waals surface area contributed by atoms with Crippen molar-refractivity contribution >= 4 is 34.8 Å². The van der Waals surface area contributed by atoms with Crippen molar-refractivity contribution in [3.05, 3.63) is 53.1 Å². The number of amides is 2. The Morgan fingerprint density at radius 1 is 1.11 bits per heavy atom. The molecule has 27 heavy (non-hydrogen) atoms. The number of ether oxygens (including phenoxy) is 2. The van der Waals surface area contributed by atoms with Crippen molar-refractivity contribution in [3.63, 3.8) is 0 Å². The molecule has 0 saturated heterocycles. The minimum absolute atomic E-state index is 0.0320. The van der Waals surface area contributed by atoms with Gasteiger partial charge in [0, 0.05) is 28.1 Å². The maximum atomic E-state index is 12.2. The Balaban J connectivity index is 1.54. The van der Waals surface area contributed by atoms with E-state index in [2.05, 4.69) is 15.8 Å². The van der Waals surface area contributed by atoms with Gasteiger partial charge in [0.25, 0.3) is 5.91 Å². The molecular weight excluding hydrogens is 370 g/mol. The average Bonchev–Trinajstić information content (AvgIpc) is 2.66. The van der Waals surface area contributed by atoms with E-state index >= 15 is 0 Å². The second kappa shape index (κ2) is 8.55. The van der Waals surface area contributed by atoms with Crippen molar-refractivity contribution in [1.29, 1.82) is 0 Å². The number of rotatable bonds is 5. The number of carbonyl (C=O) groups is 2. The van der Waals surface area contributed by atoms with Crippen LogP contribution in [0.25, 0.3) is 0 Å². The van der Waals surface area contributed by atoms with Gasteiger partial charge in [-0.1, -0.05) is 17.7 Å². The second-order valence-corrected chi connectivity index (χ2v) is 6.32. The van der Waals surface area contributed by atoms with Crippen molar-refractivity contribution in [1.82, 2.24) is 5.43 Å². The lowest BCUT2D eigenvalue weighted by Crippen LogP contribution is -2.21. The first kappa shape index (κ1) is 18.7. The Morgan fingerprint density at radius 2 is 1.89 bits per heavy atom. The summed E-state index contributed by atoms with van der Waals surface area (Å²) in [5, 5.41) is 7.18. The Morgan fingerprint density at radius 3 is 2.67 bits per heavy atom. The SMILES string of the molecule is C/C(CC(=O)Nc1ccc2c(c1)OCCO2)=N\NC(=O)c1cccc(Cl)c1. The van der Waals surface area contributed by atoms with E-state index in [-0.39, 0.29) is 12.3 Å². The molecule has 2 aromatic rings. The van der Waals surface area contributed by atoms with Crippen molar-refractivity contribution < 1.29 is 19.1 Å². The van der Waals surface area contributed by atoms with Crippen LogP contribution in [0, 0.1) is 0 Å². The maximum Gasteiger partial charge on any atom is 0.271 e. The van der Waals surface area contributed by atoms with E-state index in [0.717, 1.165) is 0 Å². The summed E-state index contributed by atoms with van der Waals surface area (Å²) in [5.74, 6) is 0.591. The first-order chi connectivity index (χ1) is 13.0. The van der Waals surface area contributed by atoms with E-state index in [1.54, 1.807) is 43.3 Å². The highest BCUT2D eigenvalue weighted by Gasteiger charge is 2.13. The number of carbonyl (C=O) groups excluding carboxylic acids is 2. The minimum Gasteiger partial charge on any atom is -0.486 e. The summed E-state index contributed by atoms with van der Waals surface area (Å²) in [6.07, 6.45) is 0.0320. The zero-order valence-corrected chi connectivity index (χ0v) is 15.4. The molecule has 0 spiro atoms. The van der Waals surface area contributed by atoms with Crippen molar-refractivity contribution in [2.45, 2.75) is 13.3 Å². The molecule has 0 fully saturated rings. The predicted molar refractivity (Wildman–Crippen MR) is 103 cm³/mol. The van der Waals surface area contributed by atoms with Crippen LogP contribution in [0.1, 0.15) is 23.7 Å². The Bertz CT molecular complexity index is 898. The number of benzene rings is 2. The third-order valence-electron chi connectivity index (χ3n) is 3.68. The molecule has 3 rings (SSSR count). The number of hydrogen-bond acceptors (Lipinski definition) is 5. The van der Waals surface area contributed by atoms with E-state index in [4.69, 9.17) is 21.1 Å². The molecule has 140 valence electrons. The maximum absolute atomic E-state index is 12.2. The quantitative estimate of drug-likeness (QED) is 0.608. The van der Waals surface area contributed by atoms with Gasteiger partial charge in [-0.3, -0.25) is 9.59 Å². The standard InChI is InChI=1S/C19H18ClN3O4/c1-12(22-23-19(25)13-3-2-4-14(20)10-13)9-18(24)21-15-5-6-16-17(11-15)27-8-7-26-16/h2-6,10-11H,7-9H2,1H3,(H,21,24)(H,23,25)/b22-12+. The number of hydrogen-bond donors (Lipinski definition) is 2. The van der Waals surface area contributed by atoms with Crippen LogP contribution in [0.4, 0.5) is 5.69 Å². The Hall–Kier alpha value is -3.06. The van der Waals surface area contributed by atoms with Crippen molar-refractivity contribution in [2.24, 2.45) is 5.10 Å². The zero-order chi connectivity index (χ0) is 19.2. The highest BCUT2D eigenvalue weighted by atomic mass is 35.5. The monoisotopic (exact) mass is 387 g/mol. The van der Waals surface area contributed by atoms with Crippen LogP contribution in [0.15, 0.2) is 47.6 Å². The number of anilines is 1. The summed E-state index contributed by atoms with van der Waals surface area (Å²) in [4.78, 5) is 24.2. The van der Waals surface area contributed by atoms with Gasteiger partial charge in [0.05, 0.1) is 6.42 Å². The number of nitrogens with zero attached hydrogens (tertiary/aromatic N) is 1. The van der Waals surface area contributed by atoms with Gasteiger partial charge in [-0.25, -0.2) is 5.43 Å². The van der Waals surface area contributed by atoms with E-state index in [0.29, 0.717) is 46.7 Å². The largest absolute Gasteiger partial charge is 0.486 e. The molecule has 1 aliphatic heterocycles. The lowest BCUT2D eigenvalue weighted by molar-refractivity contribution is -0.115. The molecule has 2 aromatic carbocycles. The topological polar surface area (TPSA) is 89.0 Å². The average molecular weight is 388 g/mol. The summed E-state index contributed by atoms with van der Waals surface area (Å²) < 4.78 is 10.9. The van der Waals surface area contributed by atoms with Crippen LogP contribution in [0.5, 0.6) is 11.5 Å². The van der Waals surface area contributed by atoms with Gasteiger partial charge in [-0.15, -0.1) is 0 Å². The van der Waals surface area contributed by atoms with Crippen LogP contribution < -0.4 is 20.2 Å². The number of nitrogens with one attached hydrogen (secondary N) is 2. The third-order valence-corrected chi connectivity index (χ3v) is 3.91. The van der Waals surface area contributed by atoms with Gasteiger partial charge < -0.3 is 14.8 Å². The molecule has 0 aromatic heterocycles. The zero-order valence-electron chi connectivity index (χ0n) is 14.6. The van der Waals surface area contributed by atoms with E-state index in [9.17, 15) is 9.59 Å². The van der Waals surface area contributed by atoms with Gasteiger partial charge in [-0.05, 0) is 37.3 Å². The molecule has 0 radical (unpaired) electrons. The lowest BCUT2D eigenvalue weighted by atomic mass is 10.2. The fraction of sp³-hybridized carbons (Fsp3) is 0.211. The van der Waals surface area contributed by atoms with Crippen LogP contribution in [-0.4, -0.2) is 30.7 Å². The molecule has 0 saturated carbocycles. The summed E-state index contributed by atoms with van der Waals surface area (Å²) in [5.41, 5.74) is 3.85. The van der Waals surface area contributed by atoms with E-state index in [1.807, 2.05) is 0 Å². The smallest absolute Gasteiger partial charge is 0.271 e. The molecular formula is C19H18ClN3O4. The molecule has 0 aliphatic carbocycles. The second-order valence-electron chi connectivity index (χ2n) is 5.88. The molecule has 0 atom stereocenters. The lowest BCUT2D eigenvalue weighted by Gasteiger charge is -2.19. The fourth-order valence-corrected chi connectivity index (χ4v) is 2.63. The number of halogens is 1. The molecule has 2 amide bonds. The summed E-state index contributed by atoms with van der Waals surface area (Å²) in [7, 11) is 0. The third kappa shape index (κ3) is 5.21. The molecule has 8 heteroatoms. The van der Waals surface area contributed by atoms with Crippen molar-refractivity contribution in [2.75, 3.05) is 18.5 Å². The fourth-order valence-electron chi connectivity index (χ4n) is 2.44. The van der Waals surface area contributed by atoms with Gasteiger partial charge in [0.1, 0.15) is 13.2 Å². The van der Waals surface area contributed by atoms with Crippen LogP contribution in [-0.2, 0) is 4.79 Å². The number of fused-ring (bicyclic) bond motifs is 1. The molecule has 2 N–H and O–H groups in total. The minimum atomic E-state index is -0.399. The predicted octanol–water partition coefficient (Wildman–Crippen LogP) is 3.25. The van der Waals surface area contributed by atoms with E-state index < -0.39 is 5.91 Å². The molecule has 1 aliphatic rings. The Labute approximate surface area is 161 Å². The molecule has 0 bridgehead atoms. The highest BCUT2D eigenvalue weighted by molar-refractivity contribution is 6.31. The van der Waals surface area contributed by atoms with Gasteiger partial charge in [0.2, 0.25) is 5.91 Å². The Kier molecular flexibility index (Phi) is 5.93. The summed E-state index contributed by atoms with van der Waals surface area (Å²) >= 11 is 5.86. The first-order valence-electron chi connectivity index (χ1n) is 8.30. The first-order valence-corrected chi connectivity index (χ1v) is 8.67. The van der Waals surface area contributed by atoms with Gasteiger partial charge in [0.15, 0.2) is 11.5 Å². The van der Waals surface area contributed by atoms with E-state index in [1.165, 1.54) is 6.07 Å². The normalized spacial score (nSPS) is 13.0. The van der Waals surface area contributed by atoms with Crippen LogP contribution in [0.3, 0.4) is 0 Å². The summed E-state index contributed by atoms with van der Waals surface area (Å²) in [6.45, 7) is 2.64. The van der Waals surface area contributed by atoms with Gasteiger partial charge in [-0.2, -0.15) is 5.10 Å². The molecule has 1 heterocycles. The summed E-state index contributed by atoms with van der Waals surface area (Å²) in [6, 6.07) is 11.7. The molecule has 7 nitrogen and oxygen atoms in total. The highest BCUT2D eigenvalue weighted by Crippen LogP contribution is 2.32. The van der Waals surface area contributed by atoms with Gasteiger partial charge >= 0.3 is 0 Å².